The zero-order valence-corrected chi connectivity index (χ0v) is 43.0. The molecule has 2 aliphatic carbocycles. The van der Waals surface area contributed by atoms with E-state index in [0.29, 0.717) is 56.4 Å². The van der Waals surface area contributed by atoms with E-state index in [0.717, 1.165) is 81.9 Å². The highest BCUT2D eigenvalue weighted by Crippen LogP contribution is 2.55. The Morgan fingerprint density at radius 3 is 0.775 bits per heavy atom. The Morgan fingerprint density at radius 1 is 0.275 bits per heavy atom. The van der Waals surface area contributed by atoms with Crippen molar-refractivity contribution in [1.29, 1.82) is 0 Å². The number of hydrogen-bond donors (Lipinski definition) is 0. The molecule has 8 aromatic rings. The molecule has 0 amide bonds. The summed E-state index contributed by atoms with van der Waals surface area (Å²) in [6.07, 6.45) is -14.2. The highest BCUT2D eigenvalue weighted by molar-refractivity contribution is 5.91. The highest BCUT2D eigenvalue weighted by Gasteiger charge is 2.40. The average molecular weight is 1110 g/mol. The fourth-order valence-electron chi connectivity index (χ4n) is 10.5. The third kappa shape index (κ3) is 11.9. The molecular weight excluding hydrogens is 1060 g/mol. The van der Waals surface area contributed by atoms with Gasteiger partial charge in [-0.2, -0.15) is 52.7 Å². The standard InChI is InChI=1S/2C32H24F6O2/c2*1-39-25-14-7-21(8-15-25)30-28-18-26(40-2)16-9-22(28)17-27(19-3-10-23(11-4-19)31(33,34)35)29(30)20-5-12-24(13-6-20)32(36,37)38/h2*3-18,29-30H,1-2H3/t2*29-,30-/m11/s1. The molecule has 0 aromatic heterocycles. The maximum atomic E-state index is 13.4. The molecule has 4 nitrogen and oxygen atoms in total. The van der Waals surface area contributed by atoms with E-state index in [-0.39, 0.29) is 0 Å². The molecule has 0 fully saturated rings. The number of hydrogen-bond acceptors (Lipinski definition) is 4. The topological polar surface area (TPSA) is 36.9 Å². The molecule has 0 saturated carbocycles. The van der Waals surface area contributed by atoms with Gasteiger partial charge in [-0.15, -0.1) is 0 Å². The lowest BCUT2D eigenvalue weighted by atomic mass is 9.67. The van der Waals surface area contributed by atoms with E-state index in [1.54, 1.807) is 64.8 Å². The van der Waals surface area contributed by atoms with Crippen LogP contribution in [0.4, 0.5) is 52.7 Å². The van der Waals surface area contributed by atoms with E-state index in [9.17, 15) is 52.7 Å². The summed E-state index contributed by atoms with van der Waals surface area (Å²) in [5.41, 5.74) is 5.65. The maximum absolute atomic E-state index is 13.4. The lowest BCUT2D eigenvalue weighted by Crippen LogP contribution is -2.20. The molecule has 8 aromatic carbocycles. The van der Waals surface area contributed by atoms with Crippen LogP contribution in [0.5, 0.6) is 23.0 Å². The Bertz CT molecular complexity index is 3270. The van der Waals surface area contributed by atoms with Crippen LogP contribution in [-0.4, -0.2) is 28.4 Å². The summed E-state index contributed by atoms with van der Waals surface area (Å²) >= 11 is 0. The van der Waals surface area contributed by atoms with Gasteiger partial charge in [0.2, 0.25) is 0 Å². The van der Waals surface area contributed by atoms with Gasteiger partial charge in [0.25, 0.3) is 0 Å². The number of rotatable bonds is 10. The van der Waals surface area contributed by atoms with E-state index >= 15 is 0 Å². The van der Waals surface area contributed by atoms with E-state index in [1.165, 1.54) is 48.5 Å². The summed E-state index contributed by atoms with van der Waals surface area (Å²) in [4.78, 5) is 0. The summed E-state index contributed by atoms with van der Waals surface area (Å²) in [6, 6.07) is 45.5. The number of benzene rings is 8. The molecule has 0 unspecified atom stereocenters. The van der Waals surface area contributed by atoms with Crippen LogP contribution in [0.25, 0.3) is 23.3 Å². The van der Waals surface area contributed by atoms with Crippen LogP contribution in [0, 0.1) is 0 Å². The zero-order valence-electron chi connectivity index (χ0n) is 43.0. The Labute approximate surface area is 453 Å². The van der Waals surface area contributed by atoms with Gasteiger partial charge in [-0.05, 0) is 164 Å². The number of ether oxygens (including phenoxy) is 4. The van der Waals surface area contributed by atoms with Crippen LogP contribution in [-0.2, 0) is 24.7 Å². The van der Waals surface area contributed by atoms with Crippen molar-refractivity contribution in [2.75, 3.05) is 28.4 Å². The lowest BCUT2D eigenvalue weighted by molar-refractivity contribution is -0.138. The predicted molar refractivity (Wildman–Crippen MR) is 283 cm³/mol. The Morgan fingerprint density at radius 2 is 0.512 bits per heavy atom. The van der Waals surface area contributed by atoms with Crippen molar-refractivity contribution in [2.24, 2.45) is 0 Å². The molecule has 16 heteroatoms. The molecule has 0 N–H and O–H groups in total. The number of allylic oxidation sites excluding steroid dienone is 2. The molecule has 412 valence electrons. The van der Waals surface area contributed by atoms with Crippen molar-refractivity contribution in [3.05, 3.63) is 260 Å². The number of methoxy groups -OCH3 is 4. The van der Waals surface area contributed by atoms with Gasteiger partial charge in [0.05, 0.1) is 50.7 Å². The van der Waals surface area contributed by atoms with Crippen molar-refractivity contribution in [1.82, 2.24) is 0 Å². The molecule has 10 rings (SSSR count). The third-order valence-corrected chi connectivity index (χ3v) is 14.5. The molecule has 0 heterocycles. The first kappa shape index (κ1) is 56.3. The summed E-state index contributed by atoms with van der Waals surface area (Å²) in [5.74, 6) is 0.652. The van der Waals surface area contributed by atoms with Gasteiger partial charge in [-0.1, -0.05) is 97.1 Å². The number of halogens is 12. The monoisotopic (exact) mass is 1110 g/mol. The minimum absolute atomic E-state index is 0.393. The average Bonchev–Trinajstić information content (AvgIpc) is 3.46. The van der Waals surface area contributed by atoms with Gasteiger partial charge in [0.1, 0.15) is 23.0 Å². The second-order valence-corrected chi connectivity index (χ2v) is 19.0. The van der Waals surface area contributed by atoms with Crippen LogP contribution in [0.15, 0.2) is 182 Å². The van der Waals surface area contributed by atoms with Crippen LogP contribution < -0.4 is 18.9 Å². The van der Waals surface area contributed by atoms with Gasteiger partial charge < -0.3 is 18.9 Å². The highest BCUT2D eigenvalue weighted by atomic mass is 19.4. The van der Waals surface area contributed by atoms with Crippen molar-refractivity contribution in [3.63, 3.8) is 0 Å². The second-order valence-electron chi connectivity index (χ2n) is 19.0. The second kappa shape index (κ2) is 22.4. The fraction of sp³-hybridized carbons (Fsp3) is 0.188. The molecule has 0 aliphatic heterocycles. The summed E-state index contributed by atoms with van der Waals surface area (Å²) < 4.78 is 182. The number of alkyl halides is 12. The molecule has 80 heavy (non-hydrogen) atoms. The number of fused-ring (bicyclic) bond motifs is 2. The maximum Gasteiger partial charge on any atom is 0.416 e. The van der Waals surface area contributed by atoms with E-state index in [2.05, 4.69) is 0 Å². The predicted octanol–water partition coefficient (Wildman–Crippen LogP) is 18.4. The Kier molecular flexibility index (Phi) is 15.8. The fourth-order valence-corrected chi connectivity index (χ4v) is 10.5. The first-order valence-corrected chi connectivity index (χ1v) is 24.8. The van der Waals surface area contributed by atoms with Crippen molar-refractivity contribution >= 4 is 23.3 Å². The first-order chi connectivity index (χ1) is 38.0. The van der Waals surface area contributed by atoms with Gasteiger partial charge in [0, 0.05) is 23.7 Å². The minimum Gasteiger partial charge on any atom is -0.497 e. The lowest BCUT2D eigenvalue weighted by Gasteiger charge is -2.36. The van der Waals surface area contributed by atoms with Crippen molar-refractivity contribution < 1.29 is 71.6 Å². The van der Waals surface area contributed by atoms with E-state index in [4.69, 9.17) is 18.9 Å². The first-order valence-electron chi connectivity index (χ1n) is 24.8. The summed E-state index contributed by atoms with van der Waals surface area (Å²) in [7, 11) is 6.19. The van der Waals surface area contributed by atoms with E-state index in [1.807, 2.05) is 60.7 Å². The Hall–Kier alpha value is -8.40. The van der Waals surface area contributed by atoms with Crippen LogP contribution in [0.2, 0.25) is 0 Å². The summed E-state index contributed by atoms with van der Waals surface area (Å²) in [5, 5.41) is 0. The molecule has 0 radical (unpaired) electrons. The largest absolute Gasteiger partial charge is 0.497 e. The van der Waals surface area contributed by atoms with Gasteiger partial charge in [0.15, 0.2) is 0 Å². The smallest absolute Gasteiger partial charge is 0.416 e. The molecule has 0 saturated heterocycles. The van der Waals surface area contributed by atoms with Crippen molar-refractivity contribution in [2.45, 2.75) is 48.4 Å². The van der Waals surface area contributed by atoms with Gasteiger partial charge in [-0.3, -0.25) is 0 Å². The van der Waals surface area contributed by atoms with Gasteiger partial charge >= 0.3 is 24.7 Å². The van der Waals surface area contributed by atoms with Crippen LogP contribution in [0.1, 0.15) is 102 Å². The molecule has 0 spiro atoms. The SMILES string of the molecule is COc1ccc([C@@H]2c3cc(OC)ccc3C=C(c3ccc(C(F)(F)F)cc3)[C@H]2c2ccc(C(F)(F)F)cc2)cc1.COc1ccc([C@@H]2c3cc(OC)ccc3C=C(c3ccc(C(F)(F)F)cc3)[C@H]2c2ccc(C(F)(F)F)cc2)cc1. The molecular formula is C64H48F12O4. The van der Waals surface area contributed by atoms with Gasteiger partial charge in [-0.25, -0.2) is 0 Å². The third-order valence-electron chi connectivity index (χ3n) is 14.5. The quantitative estimate of drug-likeness (QED) is 0.128. The van der Waals surface area contributed by atoms with Crippen LogP contribution >= 0.6 is 0 Å². The normalized spacial score (nSPS) is 17.1. The van der Waals surface area contributed by atoms with Crippen molar-refractivity contribution in [3.8, 4) is 23.0 Å². The Balaban J connectivity index is 0.000000194. The van der Waals surface area contributed by atoms with Crippen LogP contribution in [0.3, 0.4) is 0 Å². The molecule has 2 aliphatic rings. The summed E-state index contributed by atoms with van der Waals surface area (Å²) in [6.45, 7) is 0. The molecule has 0 bridgehead atoms. The zero-order chi connectivity index (χ0) is 57.3. The minimum atomic E-state index is -4.51. The molecule has 4 atom stereocenters. The van der Waals surface area contributed by atoms with E-state index < -0.39 is 70.6 Å².